The molecule has 0 spiro atoms. The zero-order valence-corrected chi connectivity index (χ0v) is 6.74. The van der Waals surface area contributed by atoms with Crippen LogP contribution in [-0.4, -0.2) is 22.0 Å². The minimum Gasteiger partial charge on any atom is -0.479 e. The molecule has 0 amide bonds. The van der Waals surface area contributed by atoms with Crippen LogP contribution in [0.4, 0.5) is 4.39 Å². The van der Waals surface area contributed by atoms with Gasteiger partial charge in [0.15, 0.2) is 5.82 Å². The number of aromatic amines is 1. The minimum absolute atomic E-state index is 0.0177. The van der Waals surface area contributed by atoms with Crippen molar-refractivity contribution in [1.29, 1.82) is 0 Å². The Morgan fingerprint density at radius 3 is 3.29 bits per heavy atom. The van der Waals surface area contributed by atoms with Crippen molar-refractivity contribution in [2.75, 3.05) is 7.04 Å². The van der Waals surface area contributed by atoms with Gasteiger partial charge in [0, 0.05) is 0 Å². The van der Waals surface area contributed by atoms with Crippen LogP contribution in [0.5, 0.6) is 5.88 Å². The van der Waals surface area contributed by atoms with Gasteiger partial charge in [-0.2, -0.15) is 0 Å². The Morgan fingerprint density at radius 1 is 1.64 bits per heavy atom. The number of rotatable bonds is 1. The number of ether oxygens (including phenoxy) is 1. The molecule has 72 valence electrons. The molecule has 0 aliphatic rings. The molecule has 0 saturated carbocycles. The van der Waals surface area contributed by atoms with Crippen molar-refractivity contribution in [3.05, 3.63) is 28.7 Å². The second-order valence-electron chi connectivity index (χ2n) is 2.47. The van der Waals surface area contributed by atoms with Gasteiger partial charge in [0.2, 0.25) is 0 Å². The van der Waals surface area contributed by atoms with Gasteiger partial charge in [-0.3, -0.25) is 4.79 Å². The van der Waals surface area contributed by atoms with E-state index in [1.165, 1.54) is 0 Å². The molecule has 0 saturated heterocycles. The van der Waals surface area contributed by atoms with E-state index >= 15 is 0 Å². The van der Waals surface area contributed by atoms with Crippen LogP contribution in [0.15, 0.2) is 17.3 Å². The number of hydrogen-bond acceptors (Lipinski definition) is 4. The second kappa shape index (κ2) is 3.06. The third-order valence-electron chi connectivity index (χ3n) is 1.69. The number of hydrogen-bond donors (Lipinski definition) is 1. The molecule has 2 aromatic heterocycles. The van der Waals surface area contributed by atoms with Crippen LogP contribution in [0.1, 0.15) is 4.11 Å². The summed E-state index contributed by atoms with van der Waals surface area (Å²) in [7, 11) is -2.84. The number of H-pyrrole nitrogens is 1. The first-order valence-electron chi connectivity index (χ1n) is 5.09. The molecule has 0 fully saturated rings. The Labute approximate surface area is 81.8 Å². The number of methoxy groups -OCH3 is 1. The van der Waals surface area contributed by atoms with Gasteiger partial charge in [-0.05, 0) is 0 Å². The van der Waals surface area contributed by atoms with Crippen molar-refractivity contribution in [2.24, 2.45) is 0 Å². The van der Waals surface area contributed by atoms with E-state index in [0.717, 1.165) is 12.5 Å². The highest BCUT2D eigenvalue weighted by molar-refractivity contribution is 5.78. The number of pyridine rings is 1. The van der Waals surface area contributed by atoms with Gasteiger partial charge in [0.05, 0.1) is 29.2 Å². The van der Waals surface area contributed by atoms with E-state index in [0.29, 0.717) is 0 Å². The molecule has 2 heterocycles. The number of aromatic nitrogens is 3. The Kier molecular flexibility index (Phi) is 1.24. The van der Waals surface area contributed by atoms with Gasteiger partial charge in [-0.15, -0.1) is 0 Å². The molecule has 2 aromatic rings. The Bertz CT molecular complexity index is 625. The van der Waals surface area contributed by atoms with E-state index in [4.69, 9.17) is 4.11 Å². The van der Waals surface area contributed by atoms with E-state index in [1.807, 2.05) is 0 Å². The van der Waals surface area contributed by atoms with Crippen LogP contribution in [-0.2, 0) is 0 Å². The highest BCUT2D eigenvalue weighted by Gasteiger charge is 2.12. The smallest absolute Gasteiger partial charge is 0.261 e. The first-order chi connectivity index (χ1) is 7.88. The third kappa shape index (κ3) is 1.12. The lowest BCUT2D eigenvalue weighted by Gasteiger charge is -2.01. The van der Waals surface area contributed by atoms with E-state index in [9.17, 15) is 9.18 Å². The summed E-state index contributed by atoms with van der Waals surface area (Å²) in [6.45, 7) is 0. The van der Waals surface area contributed by atoms with Crippen molar-refractivity contribution in [2.45, 2.75) is 0 Å². The molecular weight excluding hydrogens is 189 g/mol. The van der Waals surface area contributed by atoms with Crippen LogP contribution in [0, 0.1) is 5.82 Å². The summed E-state index contributed by atoms with van der Waals surface area (Å²) in [6, 6.07) is 0. The molecule has 0 atom stereocenters. The standard InChI is InChI=1S/C8H6FN3O2/c1-14-8-6(9)5-4(2-10-8)11-3-12-7(5)13/h2-3H,1H3,(H,11,12,13)/i1D3. The minimum atomic E-state index is -2.84. The van der Waals surface area contributed by atoms with E-state index in [2.05, 4.69) is 19.7 Å². The summed E-state index contributed by atoms with van der Waals surface area (Å²) in [5, 5.41) is -0.387. The quantitative estimate of drug-likeness (QED) is 0.723. The van der Waals surface area contributed by atoms with Crippen molar-refractivity contribution >= 4 is 10.9 Å². The van der Waals surface area contributed by atoms with Crippen LogP contribution in [0.25, 0.3) is 10.9 Å². The lowest BCUT2D eigenvalue weighted by molar-refractivity contribution is 0.371. The predicted octanol–water partition coefficient (Wildman–Crippen LogP) is 0.466. The summed E-state index contributed by atoms with van der Waals surface area (Å²) >= 11 is 0. The largest absolute Gasteiger partial charge is 0.479 e. The number of halogens is 1. The van der Waals surface area contributed by atoms with Crippen LogP contribution in [0.3, 0.4) is 0 Å². The monoisotopic (exact) mass is 198 g/mol. The van der Waals surface area contributed by atoms with Gasteiger partial charge in [-0.1, -0.05) is 0 Å². The van der Waals surface area contributed by atoms with Gasteiger partial charge in [0.1, 0.15) is 5.39 Å². The van der Waals surface area contributed by atoms with Crippen LogP contribution >= 0.6 is 0 Å². The van der Waals surface area contributed by atoms with Crippen molar-refractivity contribution in [1.82, 2.24) is 15.0 Å². The molecule has 14 heavy (non-hydrogen) atoms. The van der Waals surface area contributed by atoms with Crippen LogP contribution < -0.4 is 10.3 Å². The van der Waals surface area contributed by atoms with Gasteiger partial charge in [-0.25, -0.2) is 14.4 Å². The maximum atomic E-state index is 13.8. The second-order valence-corrected chi connectivity index (χ2v) is 2.47. The van der Waals surface area contributed by atoms with E-state index in [-0.39, 0.29) is 10.9 Å². The zero-order valence-electron chi connectivity index (χ0n) is 9.74. The summed E-state index contributed by atoms with van der Waals surface area (Å²) in [5.41, 5.74) is -0.713. The summed E-state index contributed by atoms with van der Waals surface area (Å²) < 4.78 is 38.6. The molecular formula is C8H6FN3O2. The number of nitrogens with zero attached hydrogens (tertiary/aromatic N) is 2. The fourth-order valence-corrected chi connectivity index (χ4v) is 1.08. The SMILES string of the molecule is [2H]C([2H])([2H])Oc1ncc2nc[nH]c(=O)c2c1F. The molecule has 0 aliphatic carbocycles. The van der Waals surface area contributed by atoms with Crippen molar-refractivity contribution < 1.29 is 13.2 Å². The summed E-state index contributed by atoms with van der Waals surface area (Å²) in [4.78, 5) is 20.7. The maximum Gasteiger partial charge on any atom is 0.261 e. The molecule has 0 aliphatic heterocycles. The van der Waals surface area contributed by atoms with Crippen molar-refractivity contribution in [3.8, 4) is 5.88 Å². The normalized spacial score (nSPS) is 14.5. The average molecular weight is 198 g/mol. The topological polar surface area (TPSA) is 67.9 Å². The summed E-state index contributed by atoms with van der Waals surface area (Å²) in [6.07, 6.45) is 2.16. The highest BCUT2D eigenvalue weighted by Crippen LogP contribution is 2.18. The van der Waals surface area contributed by atoms with Crippen molar-refractivity contribution in [3.63, 3.8) is 0 Å². The molecule has 5 nitrogen and oxygen atoms in total. The molecule has 0 radical (unpaired) electrons. The Balaban J connectivity index is 2.65. The molecule has 0 bridgehead atoms. The van der Waals surface area contributed by atoms with Gasteiger partial charge < -0.3 is 9.72 Å². The first-order valence-corrected chi connectivity index (χ1v) is 3.59. The third-order valence-corrected chi connectivity index (χ3v) is 1.69. The molecule has 0 unspecified atom stereocenters. The fraction of sp³-hybridized carbons (Fsp3) is 0.125. The maximum absolute atomic E-state index is 13.8. The Morgan fingerprint density at radius 2 is 2.50 bits per heavy atom. The highest BCUT2D eigenvalue weighted by atomic mass is 19.1. The Hall–Kier alpha value is -1.98. The molecule has 1 N–H and O–H groups in total. The predicted molar refractivity (Wildman–Crippen MR) is 46.7 cm³/mol. The first kappa shape index (κ1) is 5.69. The average Bonchev–Trinajstić information content (AvgIpc) is 2.20. The molecule has 2 rings (SSSR count). The summed E-state index contributed by atoms with van der Waals surface area (Å²) in [5.74, 6) is -1.90. The van der Waals surface area contributed by atoms with E-state index in [1.54, 1.807) is 0 Å². The lowest BCUT2D eigenvalue weighted by Crippen LogP contribution is -2.09. The zero-order chi connectivity index (χ0) is 12.6. The number of fused-ring (bicyclic) bond motifs is 1. The number of nitrogens with one attached hydrogen (secondary N) is 1. The van der Waals surface area contributed by atoms with Gasteiger partial charge >= 0.3 is 0 Å². The lowest BCUT2D eigenvalue weighted by atomic mass is 10.3. The molecule has 0 aromatic carbocycles. The van der Waals surface area contributed by atoms with Gasteiger partial charge in [0.25, 0.3) is 11.4 Å². The van der Waals surface area contributed by atoms with Crippen LogP contribution in [0.2, 0.25) is 0 Å². The fourth-order valence-electron chi connectivity index (χ4n) is 1.08. The molecule has 6 heteroatoms. The van der Waals surface area contributed by atoms with E-state index < -0.39 is 24.3 Å².